The van der Waals surface area contributed by atoms with E-state index in [2.05, 4.69) is 10.2 Å². The molecule has 6 heteroatoms. The number of rotatable bonds is 7. The Morgan fingerprint density at radius 3 is 2.20 bits per heavy atom. The molecule has 0 atom stereocenters. The third-order valence-electron chi connectivity index (χ3n) is 2.80. The fourth-order valence-corrected chi connectivity index (χ4v) is 1.61. The lowest BCUT2D eigenvalue weighted by Gasteiger charge is -2.18. The molecule has 0 unspecified atom stereocenters. The van der Waals surface area contributed by atoms with E-state index in [0.717, 1.165) is 13.1 Å². The van der Waals surface area contributed by atoms with Gasteiger partial charge in [-0.15, -0.1) is 0 Å². The van der Waals surface area contributed by atoms with Gasteiger partial charge < -0.3 is 16.0 Å². The number of nitrogens with one attached hydrogen (secondary N) is 1. The second-order valence-corrected chi connectivity index (χ2v) is 5.03. The highest BCUT2D eigenvalue weighted by Crippen LogP contribution is 2.09. The van der Waals surface area contributed by atoms with Crippen LogP contribution < -0.4 is 11.1 Å². The Labute approximate surface area is 119 Å². The molecule has 0 aromatic heterocycles. The van der Waals surface area contributed by atoms with Gasteiger partial charge in [0.25, 0.3) is 0 Å². The number of benzene rings is 1. The number of anilines is 1. The predicted octanol–water partition coefficient (Wildman–Crippen LogP) is 0.217. The van der Waals surface area contributed by atoms with Crippen LogP contribution in [0.3, 0.4) is 0 Å². The van der Waals surface area contributed by atoms with E-state index >= 15 is 0 Å². The molecule has 0 radical (unpaired) electrons. The Morgan fingerprint density at radius 1 is 1.10 bits per heavy atom. The van der Waals surface area contributed by atoms with Crippen LogP contribution in [0.4, 0.5) is 5.69 Å². The van der Waals surface area contributed by atoms with Gasteiger partial charge in [-0.25, -0.2) is 0 Å². The largest absolute Gasteiger partial charge is 0.366 e. The number of nitrogens with two attached hydrogens (primary N) is 1. The highest BCUT2D eigenvalue weighted by Gasteiger charge is 2.07. The molecule has 0 aliphatic carbocycles. The van der Waals surface area contributed by atoms with E-state index in [1.165, 1.54) is 0 Å². The first kappa shape index (κ1) is 16.1. The SMILES string of the molecule is CN(C)CCN(C)CC(=O)Nc1ccc(C(N)=O)cc1. The zero-order valence-electron chi connectivity index (χ0n) is 12.2. The van der Waals surface area contributed by atoms with Gasteiger partial charge in [0.15, 0.2) is 0 Å². The summed E-state index contributed by atoms with van der Waals surface area (Å²) in [5.74, 6) is -0.565. The summed E-state index contributed by atoms with van der Waals surface area (Å²) in [6, 6.07) is 6.51. The lowest BCUT2D eigenvalue weighted by atomic mass is 10.2. The molecule has 3 N–H and O–H groups in total. The monoisotopic (exact) mass is 278 g/mol. The number of nitrogens with zero attached hydrogens (tertiary/aromatic N) is 2. The molecule has 1 rings (SSSR count). The normalized spacial score (nSPS) is 10.8. The van der Waals surface area contributed by atoms with E-state index < -0.39 is 5.91 Å². The minimum atomic E-state index is -0.480. The second-order valence-electron chi connectivity index (χ2n) is 5.03. The molecule has 0 aliphatic rings. The van der Waals surface area contributed by atoms with Crippen molar-refractivity contribution in [2.45, 2.75) is 0 Å². The standard InChI is InChI=1S/C14H22N4O2/c1-17(2)8-9-18(3)10-13(19)16-12-6-4-11(5-7-12)14(15)20/h4-7H,8-10H2,1-3H3,(H2,15,20)(H,16,19). The molecule has 0 fully saturated rings. The third-order valence-corrected chi connectivity index (χ3v) is 2.80. The second kappa shape index (κ2) is 7.62. The number of likely N-dealkylation sites (N-methyl/N-ethyl adjacent to an activating group) is 2. The minimum absolute atomic E-state index is 0.0851. The molecule has 110 valence electrons. The summed E-state index contributed by atoms with van der Waals surface area (Å²) in [7, 11) is 5.89. The average Bonchev–Trinajstić information content (AvgIpc) is 2.36. The van der Waals surface area contributed by atoms with Crippen molar-refractivity contribution < 1.29 is 9.59 Å². The van der Waals surface area contributed by atoms with Gasteiger partial charge in [-0.05, 0) is 45.4 Å². The Balaban J connectivity index is 2.43. The van der Waals surface area contributed by atoms with Crippen LogP contribution in [0.2, 0.25) is 0 Å². The van der Waals surface area contributed by atoms with E-state index in [-0.39, 0.29) is 5.91 Å². The van der Waals surface area contributed by atoms with Crippen molar-refractivity contribution in [3.63, 3.8) is 0 Å². The summed E-state index contributed by atoms with van der Waals surface area (Å²) < 4.78 is 0. The summed E-state index contributed by atoms with van der Waals surface area (Å²) in [5, 5.41) is 2.78. The van der Waals surface area contributed by atoms with Crippen molar-refractivity contribution in [1.82, 2.24) is 9.80 Å². The molecule has 20 heavy (non-hydrogen) atoms. The summed E-state index contributed by atoms with van der Waals surface area (Å²) in [4.78, 5) is 26.8. The van der Waals surface area contributed by atoms with Crippen LogP contribution in [0.5, 0.6) is 0 Å². The molecule has 0 heterocycles. The Hall–Kier alpha value is -1.92. The van der Waals surface area contributed by atoms with Crippen LogP contribution in [0.15, 0.2) is 24.3 Å². The van der Waals surface area contributed by atoms with Gasteiger partial charge >= 0.3 is 0 Å². The molecular weight excluding hydrogens is 256 g/mol. The van der Waals surface area contributed by atoms with Gasteiger partial charge in [-0.3, -0.25) is 14.5 Å². The van der Waals surface area contributed by atoms with Gasteiger partial charge in [0.05, 0.1) is 6.54 Å². The molecule has 2 amide bonds. The molecule has 1 aromatic rings. The van der Waals surface area contributed by atoms with Gasteiger partial charge in [-0.2, -0.15) is 0 Å². The maximum absolute atomic E-state index is 11.8. The number of hydrogen-bond acceptors (Lipinski definition) is 4. The van der Waals surface area contributed by atoms with Crippen LogP contribution >= 0.6 is 0 Å². The van der Waals surface area contributed by atoms with Crippen LogP contribution in [0, 0.1) is 0 Å². The number of amides is 2. The molecule has 6 nitrogen and oxygen atoms in total. The summed E-state index contributed by atoms with van der Waals surface area (Å²) in [6.45, 7) is 2.05. The fourth-order valence-electron chi connectivity index (χ4n) is 1.61. The number of carbonyl (C=O) groups is 2. The quantitative estimate of drug-likeness (QED) is 0.748. The molecule has 0 saturated carbocycles. The van der Waals surface area contributed by atoms with Crippen LogP contribution in [-0.2, 0) is 4.79 Å². The number of primary amides is 1. The Morgan fingerprint density at radius 2 is 1.70 bits per heavy atom. The third kappa shape index (κ3) is 5.81. The minimum Gasteiger partial charge on any atom is -0.366 e. The smallest absolute Gasteiger partial charge is 0.248 e. The summed E-state index contributed by atoms with van der Waals surface area (Å²) in [6.07, 6.45) is 0. The van der Waals surface area contributed by atoms with Crippen LogP contribution in [0.25, 0.3) is 0 Å². The lowest BCUT2D eigenvalue weighted by molar-refractivity contribution is -0.117. The van der Waals surface area contributed by atoms with Gasteiger partial charge in [0.2, 0.25) is 11.8 Å². The van der Waals surface area contributed by atoms with Crippen molar-refractivity contribution >= 4 is 17.5 Å². The van der Waals surface area contributed by atoms with Crippen molar-refractivity contribution in [3.8, 4) is 0 Å². The topological polar surface area (TPSA) is 78.7 Å². The number of carbonyl (C=O) groups excluding carboxylic acids is 2. The van der Waals surface area contributed by atoms with E-state index in [9.17, 15) is 9.59 Å². The van der Waals surface area contributed by atoms with Gasteiger partial charge in [-0.1, -0.05) is 0 Å². The molecule has 0 bridgehead atoms. The van der Waals surface area contributed by atoms with E-state index in [4.69, 9.17) is 5.73 Å². The summed E-state index contributed by atoms with van der Waals surface area (Å²) >= 11 is 0. The van der Waals surface area contributed by atoms with Crippen LogP contribution in [0.1, 0.15) is 10.4 Å². The first-order valence-corrected chi connectivity index (χ1v) is 6.41. The van der Waals surface area contributed by atoms with Crippen molar-refractivity contribution in [2.75, 3.05) is 46.1 Å². The first-order valence-electron chi connectivity index (χ1n) is 6.41. The summed E-state index contributed by atoms with van der Waals surface area (Å²) in [5.41, 5.74) is 6.23. The first-order chi connectivity index (χ1) is 9.38. The maximum atomic E-state index is 11.8. The molecule has 0 spiro atoms. The zero-order chi connectivity index (χ0) is 15.1. The fraction of sp³-hybridized carbons (Fsp3) is 0.429. The highest BCUT2D eigenvalue weighted by atomic mass is 16.2. The predicted molar refractivity (Wildman–Crippen MR) is 79.6 cm³/mol. The average molecular weight is 278 g/mol. The van der Waals surface area contributed by atoms with Gasteiger partial charge in [0, 0.05) is 24.3 Å². The van der Waals surface area contributed by atoms with Crippen molar-refractivity contribution in [1.29, 1.82) is 0 Å². The lowest BCUT2D eigenvalue weighted by Crippen LogP contribution is -2.34. The molecule has 1 aromatic carbocycles. The van der Waals surface area contributed by atoms with E-state index in [1.807, 2.05) is 26.0 Å². The highest BCUT2D eigenvalue weighted by molar-refractivity contribution is 5.95. The van der Waals surface area contributed by atoms with Crippen LogP contribution in [-0.4, -0.2) is 62.4 Å². The molecule has 0 aliphatic heterocycles. The van der Waals surface area contributed by atoms with Gasteiger partial charge in [0.1, 0.15) is 0 Å². The van der Waals surface area contributed by atoms with Crippen molar-refractivity contribution in [2.24, 2.45) is 5.73 Å². The zero-order valence-corrected chi connectivity index (χ0v) is 12.2. The van der Waals surface area contributed by atoms with E-state index in [0.29, 0.717) is 17.8 Å². The number of hydrogen-bond donors (Lipinski definition) is 2. The molecular formula is C14H22N4O2. The van der Waals surface area contributed by atoms with Crippen molar-refractivity contribution in [3.05, 3.63) is 29.8 Å². The van der Waals surface area contributed by atoms with E-state index in [1.54, 1.807) is 24.3 Å². The maximum Gasteiger partial charge on any atom is 0.248 e. The Bertz CT molecular complexity index is 457. The Kier molecular flexibility index (Phi) is 6.14. The molecule has 0 saturated heterocycles.